The Morgan fingerprint density at radius 3 is 2.89 bits per heavy atom. The number of carbonyl (C=O) groups is 2. The molecule has 2 N–H and O–H groups in total. The van der Waals surface area contributed by atoms with Crippen LogP contribution < -0.4 is 15.5 Å². The minimum atomic E-state index is -0.325. The van der Waals surface area contributed by atoms with Crippen LogP contribution in [0.3, 0.4) is 0 Å². The Labute approximate surface area is 210 Å². The van der Waals surface area contributed by atoms with Crippen LogP contribution in [0.25, 0.3) is 0 Å². The Hall–Kier alpha value is -2.53. The van der Waals surface area contributed by atoms with Crippen molar-refractivity contribution < 1.29 is 19.1 Å². The second kappa shape index (κ2) is 11.9. The molecule has 0 bridgehead atoms. The molecule has 2 amide bonds. The van der Waals surface area contributed by atoms with Crippen molar-refractivity contribution in [3.05, 3.63) is 40.4 Å². The standard InChI is InChI=1S/C25H35N5O4S/c1-4-8-26-23(31)20-12-18(13-29-10-11-34-15-17(29)2)5-6-21(20)27-24(32)22-16-35-25(28-22)30-9-7-19(14-30)33-3/h5-6,12,16-17,19H,4,7-11,13-15H2,1-3H3,(H,26,31)(H,27,32)/t17-,19-/m0/s1. The van der Waals surface area contributed by atoms with Crippen molar-refractivity contribution in [2.45, 2.75) is 45.4 Å². The lowest BCUT2D eigenvalue weighted by molar-refractivity contribution is -0.00437. The van der Waals surface area contributed by atoms with E-state index in [-0.39, 0.29) is 17.9 Å². The van der Waals surface area contributed by atoms with Gasteiger partial charge in [-0.1, -0.05) is 13.0 Å². The summed E-state index contributed by atoms with van der Waals surface area (Å²) in [4.78, 5) is 35.0. The number of amides is 2. The molecule has 0 unspecified atom stereocenters. The summed E-state index contributed by atoms with van der Waals surface area (Å²) >= 11 is 1.45. The van der Waals surface area contributed by atoms with E-state index in [4.69, 9.17) is 9.47 Å². The van der Waals surface area contributed by atoms with Crippen molar-refractivity contribution >= 4 is 34.0 Å². The molecule has 1 aromatic heterocycles. The average Bonchev–Trinajstić information content (AvgIpc) is 3.54. The fourth-order valence-electron chi connectivity index (χ4n) is 4.35. The van der Waals surface area contributed by atoms with E-state index in [2.05, 4.69) is 32.3 Å². The third-order valence-electron chi connectivity index (χ3n) is 6.48. The minimum Gasteiger partial charge on any atom is -0.380 e. The first-order chi connectivity index (χ1) is 17.0. The lowest BCUT2D eigenvalue weighted by Crippen LogP contribution is -2.42. The molecule has 2 aromatic rings. The van der Waals surface area contributed by atoms with Crippen molar-refractivity contribution in [1.29, 1.82) is 0 Å². The highest BCUT2D eigenvalue weighted by atomic mass is 32.1. The van der Waals surface area contributed by atoms with Crippen LogP contribution in [0.4, 0.5) is 10.8 Å². The van der Waals surface area contributed by atoms with Gasteiger partial charge in [-0.05, 0) is 37.5 Å². The summed E-state index contributed by atoms with van der Waals surface area (Å²) in [5.74, 6) is -0.519. The molecule has 2 fully saturated rings. The van der Waals surface area contributed by atoms with E-state index in [1.165, 1.54) is 11.3 Å². The predicted molar refractivity (Wildman–Crippen MR) is 137 cm³/mol. The first-order valence-corrected chi connectivity index (χ1v) is 13.1. The van der Waals surface area contributed by atoms with Crippen LogP contribution in [0.1, 0.15) is 53.1 Å². The fourth-order valence-corrected chi connectivity index (χ4v) is 5.19. The van der Waals surface area contributed by atoms with Gasteiger partial charge in [0.25, 0.3) is 11.8 Å². The van der Waals surface area contributed by atoms with E-state index >= 15 is 0 Å². The van der Waals surface area contributed by atoms with Gasteiger partial charge in [0.05, 0.1) is 30.6 Å². The Morgan fingerprint density at radius 2 is 2.14 bits per heavy atom. The third kappa shape index (κ3) is 6.38. The Morgan fingerprint density at radius 1 is 1.29 bits per heavy atom. The van der Waals surface area contributed by atoms with Gasteiger partial charge in [0.15, 0.2) is 5.13 Å². The second-order valence-corrected chi connectivity index (χ2v) is 9.93. The van der Waals surface area contributed by atoms with Gasteiger partial charge >= 0.3 is 0 Å². The second-order valence-electron chi connectivity index (χ2n) is 9.09. The number of thiazole rings is 1. The number of ether oxygens (including phenoxy) is 2. The van der Waals surface area contributed by atoms with Crippen LogP contribution in [0.5, 0.6) is 0 Å². The zero-order valence-electron chi connectivity index (χ0n) is 20.7. The van der Waals surface area contributed by atoms with Gasteiger partial charge in [-0.2, -0.15) is 0 Å². The van der Waals surface area contributed by atoms with Crippen molar-refractivity contribution in [2.75, 3.05) is 56.7 Å². The molecule has 10 heteroatoms. The van der Waals surface area contributed by atoms with Gasteiger partial charge in [0.2, 0.25) is 0 Å². The summed E-state index contributed by atoms with van der Waals surface area (Å²) in [6, 6.07) is 5.98. The van der Waals surface area contributed by atoms with Crippen molar-refractivity contribution in [2.24, 2.45) is 0 Å². The predicted octanol–water partition coefficient (Wildman–Crippen LogP) is 2.98. The molecule has 0 spiro atoms. The summed E-state index contributed by atoms with van der Waals surface area (Å²) in [6.07, 6.45) is 1.98. The molecule has 0 aliphatic carbocycles. The summed E-state index contributed by atoms with van der Waals surface area (Å²) in [5, 5.41) is 8.42. The monoisotopic (exact) mass is 501 g/mol. The number of methoxy groups -OCH3 is 1. The zero-order valence-corrected chi connectivity index (χ0v) is 21.5. The number of anilines is 2. The van der Waals surface area contributed by atoms with E-state index < -0.39 is 0 Å². The van der Waals surface area contributed by atoms with Gasteiger partial charge in [0.1, 0.15) is 5.69 Å². The van der Waals surface area contributed by atoms with Crippen molar-refractivity contribution in [3.8, 4) is 0 Å². The van der Waals surface area contributed by atoms with Crippen LogP contribution >= 0.6 is 11.3 Å². The lowest BCUT2D eigenvalue weighted by Gasteiger charge is -2.33. The first-order valence-electron chi connectivity index (χ1n) is 12.3. The number of hydrogen-bond donors (Lipinski definition) is 2. The average molecular weight is 502 g/mol. The van der Waals surface area contributed by atoms with E-state index in [0.717, 1.165) is 49.7 Å². The van der Waals surface area contributed by atoms with Gasteiger partial charge < -0.3 is 25.0 Å². The number of hydrogen-bond acceptors (Lipinski definition) is 8. The highest BCUT2D eigenvalue weighted by Gasteiger charge is 2.26. The maximum Gasteiger partial charge on any atom is 0.275 e. The number of aromatic nitrogens is 1. The van der Waals surface area contributed by atoms with Crippen LogP contribution in [-0.2, 0) is 16.0 Å². The summed E-state index contributed by atoms with van der Waals surface area (Å²) < 4.78 is 11.0. The molecular weight excluding hydrogens is 466 g/mol. The quantitative estimate of drug-likeness (QED) is 0.545. The molecule has 2 atom stereocenters. The maximum atomic E-state index is 13.0. The zero-order chi connectivity index (χ0) is 24.8. The Balaban J connectivity index is 1.49. The molecule has 190 valence electrons. The van der Waals surface area contributed by atoms with Crippen molar-refractivity contribution in [3.63, 3.8) is 0 Å². The molecule has 9 nitrogen and oxygen atoms in total. The first kappa shape index (κ1) is 25.6. The number of morpholine rings is 1. The Bertz CT molecular complexity index is 1030. The number of benzene rings is 1. The van der Waals surface area contributed by atoms with E-state index in [9.17, 15) is 9.59 Å². The molecule has 3 heterocycles. The molecule has 4 rings (SSSR count). The highest BCUT2D eigenvalue weighted by molar-refractivity contribution is 7.14. The normalized spacial score (nSPS) is 20.7. The largest absolute Gasteiger partial charge is 0.380 e. The molecule has 2 aliphatic rings. The minimum absolute atomic E-state index is 0.194. The van der Waals surface area contributed by atoms with E-state index in [1.807, 2.05) is 25.1 Å². The maximum absolute atomic E-state index is 13.0. The highest BCUT2D eigenvalue weighted by Crippen LogP contribution is 2.27. The SMILES string of the molecule is CCCNC(=O)c1cc(CN2CCOC[C@@H]2C)ccc1NC(=O)c1csc(N2CC[C@H](OC)C2)n1. The van der Waals surface area contributed by atoms with E-state index in [1.54, 1.807) is 12.5 Å². The molecule has 0 saturated carbocycles. The molecular formula is C25H35N5O4S. The van der Waals surface area contributed by atoms with Gasteiger partial charge in [-0.3, -0.25) is 14.5 Å². The number of carbonyl (C=O) groups excluding carboxylic acids is 2. The topological polar surface area (TPSA) is 96.0 Å². The number of nitrogens with zero attached hydrogens (tertiary/aromatic N) is 3. The van der Waals surface area contributed by atoms with Crippen LogP contribution in [0.15, 0.2) is 23.6 Å². The summed E-state index contributed by atoms with van der Waals surface area (Å²) in [6.45, 7) is 9.35. The molecule has 0 radical (unpaired) electrons. The third-order valence-corrected chi connectivity index (χ3v) is 7.38. The van der Waals surface area contributed by atoms with Gasteiger partial charge in [0, 0.05) is 51.3 Å². The van der Waals surface area contributed by atoms with Gasteiger partial charge in [-0.25, -0.2) is 4.98 Å². The fraction of sp³-hybridized carbons (Fsp3) is 0.560. The number of rotatable bonds is 9. The lowest BCUT2D eigenvalue weighted by atomic mass is 10.1. The van der Waals surface area contributed by atoms with Gasteiger partial charge in [-0.15, -0.1) is 11.3 Å². The molecule has 2 saturated heterocycles. The molecule has 35 heavy (non-hydrogen) atoms. The van der Waals surface area contributed by atoms with Crippen LogP contribution in [0.2, 0.25) is 0 Å². The van der Waals surface area contributed by atoms with E-state index in [0.29, 0.717) is 42.7 Å². The number of nitrogens with one attached hydrogen (secondary N) is 2. The summed E-state index contributed by atoms with van der Waals surface area (Å²) in [5.41, 5.74) is 2.31. The smallest absolute Gasteiger partial charge is 0.275 e. The molecule has 2 aliphatic heterocycles. The van der Waals surface area contributed by atoms with Crippen LogP contribution in [-0.4, -0.2) is 80.3 Å². The Kier molecular flexibility index (Phi) is 8.72. The van der Waals surface area contributed by atoms with Crippen molar-refractivity contribution in [1.82, 2.24) is 15.2 Å². The summed E-state index contributed by atoms with van der Waals surface area (Å²) in [7, 11) is 1.72. The molecule has 1 aromatic carbocycles. The van der Waals surface area contributed by atoms with Crippen LogP contribution in [0, 0.1) is 0 Å².